The van der Waals surface area contributed by atoms with Crippen molar-refractivity contribution in [1.29, 1.82) is 0 Å². The van der Waals surface area contributed by atoms with Crippen LogP contribution < -0.4 is 0 Å². The average Bonchev–Trinajstić information content (AvgIpc) is 2.88. The zero-order chi connectivity index (χ0) is 9.10. The van der Waals surface area contributed by atoms with Gasteiger partial charge in [-0.1, -0.05) is 28.8 Å². The molecule has 0 N–H and O–H groups in total. The predicted octanol–water partition coefficient (Wildman–Crippen LogP) is 1.88. The Bertz CT molecular complexity index is 161. The van der Waals surface area contributed by atoms with Crippen molar-refractivity contribution in [3.05, 3.63) is 0 Å². The van der Waals surface area contributed by atoms with Gasteiger partial charge in [-0.3, -0.25) is 4.90 Å². The van der Waals surface area contributed by atoms with Crippen molar-refractivity contribution in [3.8, 4) is 0 Å². The van der Waals surface area contributed by atoms with Gasteiger partial charge in [0.1, 0.15) is 0 Å². The van der Waals surface area contributed by atoms with Crippen LogP contribution in [0.15, 0.2) is 0 Å². The second-order valence-corrected chi connectivity index (χ2v) is 5.50. The first kappa shape index (κ1) is 9.94. The molecular weight excluding hydrogens is 230 g/mol. The van der Waals surface area contributed by atoms with Crippen molar-refractivity contribution < 1.29 is 4.74 Å². The van der Waals surface area contributed by atoms with Gasteiger partial charge in [0.15, 0.2) is 0 Å². The smallest absolute Gasteiger partial charge is 0.0604 e. The summed E-state index contributed by atoms with van der Waals surface area (Å²) < 4.78 is 5.47. The molecule has 2 rings (SSSR count). The Labute approximate surface area is 88.8 Å². The number of hydrogen-bond acceptors (Lipinski definition) is 2. The van der Waals surface area contributed by atoms with Crippen LogP contribution >= 0.6 is 15.9 Å². The van der Waals surface area contributed by atoms with Crippen molar-refractivity contribution in [2.45, 2.75) is 24.1 Å². The summed E-state index contributed by atoms with van der Waals surface area (Å²) in [6.07, 6.45) is 4.35. The molecule has 1 unspecified atom stereocenters. The van der Waals surface area contributed by atoms with E-state index in [1.165, 1.54) is 25.8 Å². The highest BCUT2D eigenvalue weighted by molar-refractivity contribution is 9.09. The molecule has 1 saturated carbocycles. The lowest BCUT2D eigenvalue weighted by molar-refractivity contribution is 0.143. The molecule has 1 aliphatic heterocycles. The number of alkyl halides is 1. The lowest BCUT2D eigenvalue weighted by Gasteiger charge is -2.20. The van der Waals surface area contributed by atoms with Crippen LogP contribution in [0.4, 0.5) is 0 Å². The summed E-state index contributed by atoms with van der Waals surface area (Å²) in [7, 11) is 0. The monoisotopic (exact) mass is 247 g/mol. The molecule has 76 valence electrons. The molecule has 0 bridgehead atoms. The highest BCUT2D eigenvalue weighted by Crippen LogP contribution is 2.32. The zero-order valence-corrected chi connectivity index (χ0v) is 9.63. The molecule has 2 nitrogen and oxygen atoms in total. The Morgan fingerprint density at radius 2 is 2.23 bits per heavy atom. The molecule has 0 amide bonds. The van der Waals surface area contributed by atoms with E-state index in [0.717, 1.165) is 32.2 Å². The average molecular weight is 248 g/mol. The van der Waals surface area contributed by atoms with Gasteiger partial charge < -0.3 is 4.74 Å². The molecule has 2 fully saturated rings. The molecule has 0 spiro atoms. The number of ether oxygens (including phenoxy) is 1. The molecule has 0 radical (unpaired) electrons. The Morgan fingerprint density at radius 3 is 3.00 bits per heavy atom. The van der Waals surface area contributed by atoms with Gasteiger partial charge in [0.05, 0.1) is 18.0 Å². The summed E-state index contributed by atoms with van der Waals surface area (Å²) in [6.45, 7) is 5.34. The topological polar surface area (TPSA) is 12.5 Å². The van der Waals surface area contributed by atoms with Crippen LogP contribution in [0.2, 0.25) is 0 Å². The van der Waals surface area contributed by atoms with Crippen molar-refractivity contribution in [1.82, 2.24) is 4.90 Å². The summed E-state index contributed by atoms with van der Waals surface area (Å²) in [6, 6.07) is 0. The first-order valence-corrected chi connectivity index (χ1v) is 6.20. The summed E-state index contributed by atoms with van der Waals surface area (Å²) in [5.74, 6) is 1.05. The van der Waals surface area contributed by atoms with Crippen molar-refractivity contribution in [2.75, 3.05) is 32.8 Å². The van der Waals surface area contributed by atoms with E-state index in [-0.39, 0.29) is 0 Å². The molecule has 3 heteroatoms. The minimum Gasteiger partial charge on any atom is -0.379 e. The molecule has 0 aromatic rings. The van der Waals surface area contributed by atoms with Gasteiger partial charge in [0, 0.05) is 13.1 Å². The fourth-order valence-corrected chi connectivity index (χ4v) is 2.40. The summed E-state index contributed by atoms with van der Waals surface area (Å²) in [5.41, 5.74) is 0. The number of rotatable bonds is 3. The first-order chi connectivity index (χ1) is 6.34. The van der Waals surface area contributed by atoms with Crippen molar-refractivity contribution >= 4 is 15.9 Å². The van der Waals surface area contributed by atoms with Gasteiger partial charge >= 0.3 is 0 Å². The van der Waals surface area contributed by atoms with Crippen LogP contribution in [-0.4, -0.2) is 42.6 Å². The summed E-state index contributed by atoms with van der Waals surface area (Å²) >= 11 is 3.63. The van der Waals surface area contributed by atoms with Gasteiger partial charge in [-0.25, -0.2) is 0 Å². The Hall–Kier alpha value is 0.400. The fourth-order valence-electron chi connectivity index (χ4n) is 1.80. The van der Waals surface area contributed by atoms with Crippen LogP contribution in [0.3, 0.4) is 0 Å². The standard InChI is InChI=1S/C10H18BrNO/c11-10-7-12(5-6-13-8-10)4-3-9-1-2-9/h9-10H,1-8H2. The van der Waals surface area contributed by atoms with Crippen LogP contribution in [0.5, 0.6) is 0 Å². The molecule has 1 aliphatic carbocycles. The summed E-state index contributed by atoms with van der Waals surface area (Å²) in [4.78, 5) is 3.07. The molecular formula is C10H18BrNO. The SMILES string of the molecule is BrC1COCCN(CCC2CC2)C1. The zero-order valence-electron chi connectivity index (χ0n) is 8.04. The van der Waals surface area contributed by atoms with Crippen LogP contribution in [0, 0.1) is 5.92 Å². The highest BCUT2D eigenvalue weighted by atomic mass is 79.9. The third kappa shape index (κ3) is 3.56. The molecule has 2 aliphatic rings. The molecule has 13 heavy (non-hydrogen) atoms. The molecule has 0 aromatic heterocycles. The number of nitrogens with zero attached hydrogens (tertiary/aromatic N) is 1. The largest absolute Gasteiger partial charge is 0.379 e. The Kier molecular flexibility index (Phi) is 3.64. The second-order valence-electron chi connectivity index (χ2n) is 4.20. The van der Waals surface area contributed by atoms with Gasteiger partial charge in [-0.05, 0) is 18.9 Å². The fraction of sp³-hybridized carbons (Fsp3) is 1.00. The Morgan fingerprint density at radius 1 is 1.38 bits per heavy atom. The van der Waals surface area contributed by atoms with Crippen LogP contribution in [0.25, 0.3) is 0 Å². The molecule has 1 atom stereocenters. The minimum absolute atomic E-state index is 0.536. The van der Waals surface area contributed by atoms with Crippen LogP contribution in [-0.2, 0) is 4.74 Å². The molecule has 1 heterocycles. The van der Waals surface area contributed by atoms with E-state index in [9.17, 15) is 0 Å². The van der Waals surface area contributed by atoms with Crippen molar-refractivity contribution in [2.24, 2.45) is 5.92 Å². The van der Waals surface area contributed by atoms with E-state index < -0.39 is 0 Å². The van der Waals surface area contributed by atoms with E-state index in [1.807, 2.05) is 0 Å². The summed E-state index contributed by atoms with van der Waals surface area (Å²) in [5, 5.41) is 0. The lowest BCUT2D eigenvalue weighted by Crippen LogP contribution is -2.31. The van der Waals surface area contributed by atoms with E-state index in [4.69, 9.17) is 4.74 Å². The third-order valence-corrected chi connectivity index (χ3v) is 3.41. The maximum absolute atomic E-state index is 5.47. The normalized spacial score (nSPS) is 31.6. The van der Waals surface area contributed by atoms with Gasteiger partial charge in [-0.2, -0.15) is 0 Å². The quantitative estimate of drug-likeness (QED) is 0.707. The predicted molar refractivity (Wildman–Crippen MR) is 57.3 cm³/mol. The first-order valence-electron chi connectivity index (χ1n) is 5.29. The molecule has 0 aromatic carbocycles. The van der Waals surface area contributed by atoms with Gasteiger partial charge in [-0.15, -0.1) is 0 Å². The van der Waals surface area contributed by atoms with E-state index in [2.05, 4.69) is 20.8 Å². The van der Waals surface area contributed by atoms with Gasteiger partial charge in [0.2, 0.25) is 0 Å². The van der Waals surface area contributed by atoms with Crippen LogP contribution in [0.1, 0.15) is 19.3 Å². The second kappa shape index (κ2) is 4.76. The molecule has 1 saturated heterocycles. The maximum Gasteiger partial charge on any atom is 0.0604 e. The van der Waals surface area contributed by atoms with Gasteiger partial charge in [0.25, 0.3) is 0 Å². The van der Waals surface area contributed by atoms with E-state index in [1.54, 1.807) is 0 Å². The van der Waals surface area contributed by atoms with E-state index in [0.29, 0.717) is 4.83 Å². The lowest BCUT2D eigenvalue weighted by atomic mass is 10.2. The van der Waals surface area contributed by atoms with E-state index >= 15 is 0 Å². The number of halogens is 1. The maximum atomic E-state index is 5.47. The Balaban J connectivity index is 1.68. The third-order valence-electron chi connectivity index (χ3n) is 2.86. The highest BCUT2D eigenvalue weighted by Gasteiger charge is 2.23. The number of hydrogen-bond donors (Lipinski definition) is 0. The minimum atomic E-state index is 0.536. The van der Waals surface area contributed by atoms with Crippen molar-refractivity contribution in [3.63, 3.8) is 0 Å².